The van der Waals surface area contributed by atoms with E-state index in [2.05, 4.69) is 41.1 Å². The lowest BCUT2D eigenvalue weighted by atomic mass is 10.1. The van der Waals surface area contributed by atoms with E-state index in [0.29, 0.717) is 6.04 Å². The molecule has 2 heteroatoms. The molecule has 13 heavy (non-hydrogen) atoms. The highest BCUT2D eigenvalue weighted by Gasteiger charge is 1.99. The van der Waals surface area contributed by atoms with E-state index in [1.54, 1.807) is 0 Å². The molecule has 0 bridgehead atoms. The molecule has 1 aromatic rings. The van der Waals surface area contributed by atoms with Crippen LogP contribution in [0.1, 0.15) is 24.5 Å². The fourth-order valence-electron chi connectivity index (χ4n) is 1.19. The number of nitrogens with two attached hydrogens (primary N) is 1. The second-order valence-corrected chi connectivity index (χ2v) is 4.45. The first-order chi connectivity index (χ1) is 6.09. The van der Waals surface area contributed by atoms with Crippen LogP contribution in [0.5, 0.6) is 0 Å². The van der Waals surface area contributed by atoms with Crippen LogP contribution in [-0.2, 0) is 6.42 Å². The normalized spacial score (nSPS) is 12.9. The molecule has 0 heterocycles. The number of rotatable bonds is 3. The lowest BCUT2D eigenvalue weighted by molar-refractivity contribution is 0.666. The third-order valence-corrected chi connectivity index (χ3v) is 2.98. The van der Waals surface area contributed by atoms with Crippen LogP contribution in [0, 0.1) is 6.92 Å². The lowest BCUT2D eigenvalue weighted by Crippen LogP contribution is -2.15. The minimum absolute atomic E-state index is 0.292. The Morgan fingerprint density at radius 2 is 2.15 bits per heavy atom. The summed E-state index contributed by atoms with van der Waals surface area (Å²) in [6.45, 7) is 4.14. The molecule has 0 aromatic heterocycles. The molecule has 0 amide bonds. The summed E-state index contributed by atoms with van der Waals surface area (Å²) < 4.78 is 1.19. The first-order valence-electron chi connectivity index (χ1n) is 4.60. The van der Waals surface area contributed by atoms with Crippen molar-refractivity contribution >= 4 is 15.9 Å². The van der Waals surface area contributed by atoms with Crippen molar-refractivity contribution in [2.24, 2.45) is 5.73 Å². The summed E-state index contributed by atoms with van der Waals surface area (Å²) in [6.07, 6.45) is 2.12. The second kappa shape index (κ2) is 4.77. The van der Waals surface area contributed by atoms with Gasteiger partial charge in [-0.1, -0.05) is 28.1 Å². The monoisotopic (exact) mass is 241 g/mol. The van der Waals surface area contributed by atoms with E-state index in [9.17, 15) is 0 Å². The Morgan fingerprint density at radius 1 is 1.46 bits per heavy atom. The Morgan fingerprint density at radius 3 is 2.69 bits per heavy atom. The Bertz CT molecular complexity index is 281. The summed E-state index contributed by atoms with van der Waals surface area (Å²) in [6, 6.07) is 6.78. The predicted molar refractivity (Wildman–Crippen MR) is 60.8 cm³/mol. The summed E-state index contributed by atoms with van der Waals surface area (Å²) in [7, 11) is 0. The highest BCUT2D eigenvalue weighted by molar-refractivity contribution is 9.10. The molecule has 0 unspecified atom stereocenters. The van der Waals surface area contributed by atoms with Gasteiger partial charge in [-0.2, -0.15) is 0 Å². The van der Waals surface area contributed by atoms with Crippen molar-refractivity contribution in [3.05, 3.63) is 33.8 Å². The van der Waals surface area contributed by atoms with Gasteiger partial charge in [-0.3, -0.25) is 0 Å². The smallest absolute Gasteiger partial charge is 0.0207 e. The Balaban J connectivity index is 2.63. The highest BCUT2D eigenvalue weighted by Crippen LogP contribution is 2.18. The van der Waals surface area contributed by atoms with Gasteiger partial charge in [-0.25, -0.2) is 0 Å². The van der Waals surface area contributed by atoms with Gasteiger partial charge in [0.15, 0.2) is 0 Å². The van der Waals surface area contributed by atoms with Crippen LogP contribution in [0.15, 0.2) is 22.7 Å². The van der Waals surface area contributed by atoms with Gasteiger partial charge >= 0.3 is 0 Å². The van der Waals surface area contributed by atoms with Crippen LogP contribution in [0.25, 0.3) is 0 Å². The first kappa shape index (κ1) is 10.7. The summed E-state index contributed by atoms with van der Waals surface area (Å²) in [5.74, 6) is 0. The maximum atomic E-state index is 5.70. The molecule has 0 saturated heterocycles. The van der Waals surface area contributed by atoms with Crippen molar-refractivity contribution < 1.29 is 0 Å². The molecule has 1 nitrogen and oxygen atoms in total. The molecule has 1 atom stereocenters. The van der Waals surface area contributed by atoms with Crippen LogP contribution in [-0.4, -0.2) is 6.04 Å². The van der Waals surface area contributed by atoms with Gasteiger partial charge in [0.25, 0.3) is 0 Å². The molecule has 0 aliphatic carbocycles. The Labute approximate surface area is 88.5 Å². The molecule has 1 rings (SSSR count). The van der Waals surface area contributed by atoms with E-state index < -0.39 is 0 Å². The van der Waals surface area contributed by atoms with E-state index >= 15 is 0 Å². The summed E-state index contributed by atoms with van der Waals surface area (Å²) in [5, 5.41) is 0. The largest absolute Gasteiger partial charge is 0.328 e. The summed E-state index contributed by atoms with van der Waals surface area (Å²) >= 11 is 3.52. The lowest BCUT2D eigenvalue weighted by Gasteiger charge is -2.06. The maximum Gasteiger partial charge on any atom is 0.0207 e. The van der Waals surface area contributed by atoms with Crippen LogP contribution < -0.4 is 5.73 Å². The first-order valence-corrected chi connectivity index (χ1v) is 5.39. The minimum Gasteiger partial charge on any atom is -0.328 e. The zero-order valence-corrected chi connectivity index (χ0v) is 9.76. The second-order valence-electron chi connectivity index (χ2n) is 3.60. The van der Waals surface area contributed by atoms with Gasteiger partial charge in [-0.05, 0) is 43.9 Å². The van der Waals surface area contributed by atoms with E-state index in [4.69, 9.17) is 5.73 Å². The van der Waals surface area contributed by atoms with Crippen molar-refractivity contribution in [3.8, 4) is 0 Å². The topological polar surface area (TPSA) is 26.0 Å². The van der Waals surface area contributed by atoms with Crippen LogP contribution >= 0.6 is 15.9 Å². The molecule has 0 aliphatic rings. The molecular formula is C11H16BrN. The average molecular weight is 242 g/mol. The van der Waals surface area contributed by atoms with E-state index in [0.717, 1.165) is 12.8 Å². The van der Waals surface area contributed by atoms with Gasteiger partial charge in [0.2, 0.25) is 0 Å². The third kappa shape index (κ3) is 3.49. The maximum absolute atomic E-state index is 5.70. The number of hydrogen-bond acceptors (Lipinski definition) is 1. The summed E-state index contributed by atoms with van der Waals surface area (Å²) in [5.41, 5.74) is 8.33. The quantitative estimate of drug-likeness (QED) is 0.866. The Hall–Kier alpha value is -0.340. The van der Waals surface area contributed by atoms with Crippen LogP contribution in [0.2, 0.25) is 0 Å². The molecule has 0 aliphatic heterocycles. The summed E-state index contributed by atoms with van der Waals surface area (Å²) in [4.78, 5) is 0. The number of hydrogen-bond donors (Lipinski definition) is 1. The van der Waals surface area contributed by atoms with Crippen LogP contribution in [0.4, 0.5) is 0 Å². The fraction of sp³-hybridized carbons (Fsp3) is 0.455. The van der Waals surface area contributed by atoms with Gasteiger partial charge in [-0.15, -0.1) is 0 Å². The standard InChI is InChI=1S/C11H16BrN/c1-8-3-5-10(7-11(8)12)6-4-9(2)13/h3,5,7,9H,4,6,13H2,1-2H3/t9-/m0/s1. The molecule has 2 N–H and O–H groups in total. The fourth-order valence-corrected chi connectivity index (χ4v) is 1.61. The van der Waals surface area contributed by atoms with Crippen molar-refractivity contribution in [1.82, 2.24) is 0 Å². The van der Waals surface area contributed by atoms with Gasteiger partial charge < -0.3 is 5.73 Å². The molecule has 1 aromatic carbocycles. The van der Waals surface area contributed by atoms with Crippen LogP contribution in [0.3, 0.4) is 0 Å². The number of benzene rings is 1. The molecule has 0 saturated carbocycles. The molecular weight excluding hydrogens is 226 g/mol. The van der Waals surface area contributed by atoms with E-state index in [-0.39, 0.29) is 0 Å². The van der Waals surface area contributed by atoms with Crippen molar-refractivity contribution in [2.75, 3.05) is 0 Å². The predicted octanol–water partition coefficient (Wildman–Crippen LogP) is 3.04. The van der Waals surface area contributed by atoms with E-state index in [1.807, 2.05) is 6.92 Å². The molecule has 0 radical (unpaired) electrons. The van der Waals surface area contributed by atoms with E-state index in [1.165, 1.54) is 15.6 Å². The minimum atomic E-state index is 0.292. The SMILES string of the molecule is Cc1ccc(CC[C@H](C)N)cc1Br. The molecule has 0 spiro atoms. The highest BCUT2D eigenvalue weighted by atomic mass is 79.9. The number of halogens is 1. The molecule has 72 valence electrons. The van der Waals surface area contributed by atoms with Crippen molar-refractivity contribution in [1.29, 1.82) is 0 Å². The van der Waals surface area contributed by atoms with Gasteiger partial charge in [0.05, 0.1) is 0 Å². The molecule has 0 fully saturated rings. The van der Waals surface area contributed by atoms with Gasteiger partial charge in [0, 0.05) is 10.5 Å². The third-order valence-electron chi connectivity index (χ3n) is 2.12. The number of aryl methyl sites for hydroxylation is 2. The van der Waals surface area contributed by atoms with Gasteiger partial charge in [0.1, 0.15) is 0 Å². The zero-order valence-electron chi connectivity index (χ0n) is 8.18. The zero-order chi connectivity index (χ0) is 9.84. The Kier molecular flexibility index (Phi) is 3.94. The average Bonchev–Trinajstić information content (AvgIpc) is 2.07. The van der Waals surface area contributed by atoms with Crippen molar-refractivity contribution in [3.63, 3.8) is 0 Å². The van der Waals surface area contributed by atoms with Crippen molar-refractivity contribution in [2.45, 2.75) is 32.7 Å².